The van der Waals surface area contributed by atoms with Crippen LogP contribution in [-0.2, 0) is 17.1 Å². The maximum atomic E-state index is 12.2. The van der Waals surface area contributed by atoms with Gasteiger partial charge in [0, 0.05) is 36.9 Å². The van der Waals surface area contributed by atoms with Crippen molar-refractivity contribution in [2.24, 2.45) is 0 Å². The molecule has 0 saturated heterocycles. The van der Waals surface area contributed by atoms with Gasteiger partial charge in [-0.1, -0.05) is 30.3 Å². The van der Waals surface area contributed by atoms with Crippen molar-refractivity contribution in [1.82, 2.24) is 14.9 Å². The Kier molecular flexibility index (Phi) is 6.99. The Hall–Kier alpha value is -1.79. The second-order valence-corrected chi connectivity index (χ2v) is 5.97. The summed E-state index contributed by atoms with van der Waals surface area (Å²) in [6, 6.07) is 10.2. The second-order valence-electron chi connectivity index (χ2n) is 4.86. The van der Waals surface area contributed by atoms with Gasteiger partial charge in [0.25, 0.3) is 0 Å². The molecule has 0 spiro atoms. The topological polar surface area (TPSA) is 69.2 Å². The van der Waals surface area contributed by atoms with E-state index in [1.807, 2.05) is 18.2 Å². The van der Waals surface area contributed by atoms with Crippen molar-refractivity contribution >= 4 is 17.7 Å². The summed E-state index contributed by atoms with van der Waals surface area (Å²) >= 11 is 1.74. The molecule has 0 fully saturated rings. The van der Waals surface area contributed by atoms with E-state index < -0.39 is 0 Å². The first kappa shape index (κ1) is 16.6. The number of H-pyrrole nitrogens is 1. The van der Waals surface area contributed by atoms with Crippen LogP contribution in [0.1, 0.15) is 17.8 Å². The van der Waals surface area contributed by atoms with Crippen LogP contribution in [0.25, 0.3) is 0 Å². The fraction of sp³-hybridized carbons (Fsp3) is 0.375. The minimum atomic E-state index is -0.0381. The summed E-state index contributed by atoms with van der Waals surface area (Å²) in [5.41, 5.74) is 1.27. The van der Waals surface area contributed by atoms with Gasteiger partial charge in [-0.25, -0.2) is 4.98 Å². The summed E-state index contributed by atoms with van der Waals surface area (Å²) in [5, 5.41) is 9.10. The molecular formula is C16H21N3O2S. The number of imidazole rings is 1. The zero-order valence-electron chi connectivity index (χ0n) is 12.4. The minimum absolute atomic E-state index is 0.0381. The Labute approximate surface area is 134 Å². The molecule has 2 aromatic rings. The molecule has 6 heteroatoms. The average molecular weight is 319 g/mol. The number of aromatic nitrogens is 2. The number of hydrogen-bond donors (Lipinski definition) is 2. The molecule has 5 nitrogen and oxygen atoms in total. The average Bonchev–Trinajstić information content (AvgIpc) is 3.05. The van der Waals surface area contributed by atoms with Gasteiger partial charge in [-0.15, -0.1) is 0 Å². The maximum Gasteiger partial charge on any atom is 0.223 e. The summed E-state index contributed by atoms with van der Waals surface area (Å²) < 4.78 is 0. The Balaban J connectivity index is 1.73. The van der Waals surface area contributed by atoms with E-state index in [0.29, 0.717) is 19.5 Å². The first-order valence-electron chi connectivity index (χ1n) is 7.28. The summed E-state index contributed by atoms with van der Waals surface area (Å²) in [7, 11) is 0. The highest BCUT2D eigenvalue weighted by atomic mass is 32.2. The van der Waals surface area contributed by atoms with Gasteiger partial charge in [-0.3, -0.25) is 4.79 Å². The normalized spacial score (nSPS) is 10.6. The third-order valence-corrected chi connectivity index (χ3v) is 4.22. The molecule has 1 heterocycles. The van der Waals surface area contributed by atoms with Gasteiger partial charge in [-0.05, 0) is 5.56 Å². The molecule has 2 rings (SSSR count). The molecular weight excluding hydrogens is 298 g/mol. The third kappa shape index (κ3) is 5.54. The standard InChI is InChI=1S/C16H21N3O2S/c20-10-9-19(12-15-17-7-8-18-15)16(21)6-11-22-13-14-4-2-1-3-5-14/h1-5,7-8,20H,6,9-13H2,(H,17,18). The van der Waals surface area contributed by atoms with Gasteiger partial charge in [0.2, 0.25) is 5.91 Å². The smallest absolute Gasteiger partial charge is 0.223 e. The zero-order chi connectivity index (χ0) is 15.6. The third-order valence-electron chi connectivity index (χ3n) is 3.19. The van der Waals surface area contributed by atoms with Gasteiger partial charge < -0.3 is 15.0 Å². The van der Waals surface area contributed by atoms with E-state index in [9.17, 15) is 4.79 Å². The van der Waals surface area contributed by atoms with Crippen molar-refractivity contribution in [3.8, 4) is 0 Å². The molecule has 22 heavy (non-hydrogen) atoms. The quantitative estimate of drug-likeness (QED) is 0.694. The van der Waals surface area contributed by atoms with Crippen molar-refractivity contribution in [2.75, 3.05) is 18.9 Å². The molecule has 2 N–H and O–H groups in total. The van der Waals surface area contributed by atoms with Crippen molar-refractivity contribution in [2.45, 2.75) is 18.7 Å². The van der Waals surface area contributed by atoms with Gasteiger partial charge in [0.15, 0.2) is 0 Å². The molecule has 0 unspecified atom stereocenters. The Bertz CT molecular complexity index is 546. The molecule has 0 atom stereocenters. The lowest BCUT2D eigenvalue weighted by molar-refractivity contribution is -0.132. The van der Waals surface area contributed by atoms with Crippen LogP contribution in [0, 0.1) is 0 Å². The van der Waals surface area contributed by atoms with Crippen LogP contribution in [0.3, 0.4) is 0 Å². The lowest BCUT2D eigenvalue weighted by atomic mass is 10.2. The van der Waals surface area contributed by atoms with Gasteiger partial charge in [-0.2, -0.15) is 11.8 Å². The lowest BCUT2D eigenvalue weighted by Crippen LogP contribution is -2.33. The van der Waals surface area contributed by atoms with Crippen LogP contribution in [-0.4, -0.2) is 44.8 Å². The van der Waals surface area contributed by atoms with Crippen LogP contribution in [0.4, 0.5) is 0 Å². The molecule has 0 saturated carbocycles. The minimum Gasteiger partial charge on any atom is -0.395 e. The summed E-state index contributed by atoms with van der Waals surface area (Å²) in [4.78, 5) is 21.0. The molecule has 0 aliphatic rings. The van der Waals surface area contributed by atoms with Crippen molar-refractivity contribution in [3.05, 3.63) is 54.1 Å². The van der Waals surface area contributed by atoms with Crippen molar-refractivity contribution in [1.29, 1.82) is 0 Å². The van der Waals surface area contributed by atoms with Crippen molar-refractivity contribution < 1.29 is 9.90 Å². The highest BCUT2D eigenvalue weighted by Crippen LogP contribution is 2.13. The molecule has 1 aromatic carbocycles. The first-order chi connectivity index (χ1) is 10.8. The number of carbonyl (C=O) groups is 1. The van der Waals surface area contributed by atoms with Crippen LogP contribution in [0.2, 0.25) is 0 Å². The van der Waals surface area contributed by atoms with E-state index in [-0.39, 0.29) is 12.5 Å². The van der Waals surface area contributed by atoms with Gasteiger partial charge in [0.1, 0.15) is 5.82 Å². The Morgan fingerprint density at radius 2 is 2.14 bits per heavy atom. The van der Waals surface area contributed by atoms with Crippen LogP contribution >= 0.6 is 11.8 Å². The molecule has 0 bridgehead atoms. The first-order valence-corrected chi connectivity index (χ1v) is 8.43. The van der Waals surface area contributed by atoms with E-state index in [2.05, 4.69) is 22.1 Å². The van der Waals surface area contributed by atoms with Crippen molar-refractivity contribution in [3.63, 3.8) is 0 Å². The second kappa shape index (κ2) is 9.27. The van der Waals surface area contributed by atoms with Crippen LogP contribution in [0.5, 0.6) is 0 Å². The molecule has 0 aliphatic heterocycles. The largest absolute Gasteiger partial charge is 0.395 e. The molecule has 1 aromatic heterocycles. The number of nitrogens with zero attached hydrogens (tertiary/aromatic N) is 2. The van der Waals surface area contributed by atoms with E-state index in [1.54, 1.807) is 29.1 Å². The van der Waals surface area contributed by atoms with Gasteiger partial charge >= 0.3 is 0 Å². The zero-order valence-corrected chi connectivity index (χ0v) is 13.3. The number of aliphatic hydroxyl groups excluding tert-OH is 1. The maximum absolute atomic E-state index is 12.2. The van der Waals surface area contributed by atoms with Gasteiger partial charge in [0.05, 0.1) is 13.2 Å². The number of aliphatic hydroxyl groups is 1. The van der Waals surface area contributed by atoms with E-state index in [4.69, 9.17) is 5.11 Å². The molecule has 118 valence electrons. The lowest BCUT2D eigenvalue weighted by Gasteiger charge is -2.20. The van der Waals surface area contributed by atoms with E-state index in [1.165, 1.54) is 5.56 Å². The monoisotopic (exact) mass is 319 g/mol. The van der Waals surface area contributed by atoms with E-state index in [0.717, 1.165) is 17.3 Å². The highest BCUT2D eigenvalue weighted by molar-refractivity contribution is 7.98. The van der Waals surface area contributed by atoms with E-state index >= 15 is 0 Å². The molecule has 1 amide bonds. The number of nitrogens with one attached hydrogen (secondary N) is 1. The summed E-state index contributed by atoms with van der Waals surface area (Å²) in [6.45, 7) is 0.711. The fourth-order valence-corrected chi connectivity index (χ4v) is 2.95. The number of carbonyl (C=O) groups excluding carboxylic acids is 1. The molecule has 0 aliphatic carbocycles. The number of amides is 1. The molecule has 0 radical (unpaired) electrons. The number of thioether (sulfide) groups is 1. The number of hydrogen-bond acceptors (Lipinski definition) is 4. The predicted octanol–water partition coefficient (Wildman–Crippen LogP) is 2.05. The SMILES string of the molecule is O=C(CCSCc1ccccc1)N(CCO)Cc1ncc[nH]1. The number of rotatable bonds is 9. The van der Waals surface area contributed by atoms with Crippen LogP contribution < -0.4 is 0 Å². The highest BCUT2D eigenvalue weighted by Gasteiger charge is 2.14. The Morgan fingerprint density at radius 1 is 1.32 bits per heavy atom. The number of benzene rings is 1. The fourth-order valence-electron chi connectivity index (χ4n) is 2.06. The summed E-state index contributed by atoms with van der Waals surface area (Å²) in [5.74, 6) is 2.46. The predicted molar refractivity (Wildman–Crippen MR) is 88.3 cm³/mol. The van der Waals surface area contributed by atoms with Crippen LogP contribution in [0.15, 0.2) is 42.7 Å². The Morgan fingerprint density at radius 3 is 2.82 bits per heavy atom. The number of aromatic amines is 1. The summed E-state index contributed by atoms with van der Waals surface area (Å²) in [6.07, 6.45) is 3.86.